The van der Waals surface area contributed by atoms with Crippen molar-refractivity contribution in [2.45, 2.75) is 18.6 Å². The Labute approximate surface area is 96.8 Å². The van der Waals surface area contributed by atoms with Gasteiger partial charge in [0.05, 0.1) is 6.42 Å². The van der Waals surface area contributed by atoms with Crippen LogP contribution in [0.25, 0.3) is 0 Å². The molecule has 1 rings (SSSR count). The van der Waals surface area contributed by atoms with Crippen molar-refractivity contribution in [2.24, 2.45) is 0 Å². The third kappa shape index (κ3) is 4.05. The van der Waals surface area contributed by atoms with E-state index in [-0.39, 0.29) is 11.7 Å². The lowest BCUT2D eigenvalue weighted by atomic mass is 10.2. The highest BCUT2D eigenvalue weighted by Crippen LogP contribution is 2.31. The van der Waals surface area contributed by atoms with Gasteiger partial charge < -0.3 is 4.74 Å². The first-order valence-electron chi connectivity index (χ1n) is 4.39. The zero-order valence-corrected chi connectivity index (χ0v) is 10.2. The summed E-state index contributed by atoms with van der Waals surface area (Å²) in [4.78, 5) is 21.8. The Morgan fingerprint density at radius 1 is 1.60 bits per heavy atom. The van der Waals surface area contributed by atoms with Crippen LogP contribution in [-0.4, -0.2) is 18.2 Å². The quantitative estimate of drug-likeness (QED) is 0.603. The van der Waals surface area contributed by atoms with Crippen LogP contribution in [0.3, 0.4) is 0 Å². The molecule has 1 unspecified atom stereocenters. The van der Waals surface area contributed by atoms with E-state index < -0.39 is 11.9 Å². The molecule has 1 aromatic rings. The van der Waals surface area contributed by atoms with Crippen LogP contribution >= 0.6 is 23.1 Å². The number of ether oxygens (including phenoxy) is 1. The Balaban J connectivity index is 2.54. The molecule has 0 radical (unpaired) electrons. The van der Waals surface area contributed by atoms with Crippen LogP contribution in [0.4, 0.5) is 0 Å². The highest BCUT2D eigenvalue weighted by atomic mass is 32.2. The van der Waals surface area contributed by atoms with E-state index in [1.807, 2.05) is 23.1 Å². The van der Waals surface area contributed by atoms with Crippen LogP contribution < -0.4 is 0 Å². The lowest BCUT2D eigenvalue weighted by Gasteiger charge is -2.10. The molecule has 0 aliphatic heterocycles. The molecule has 0 bridgehead atoms. The van der Waals surface area contributed by atoms with E-state index in [2.05, 4.69) is 4.74 Å². The summed E-state index contributed by atoms with van der Waals surface area (Å²) in [6, 6.07) is 1.98. The molecule has 0 aliphatic rings. The van der Waals surface area contributed by atoms with Gasteiger partial charge in [-0.25, -0.2) is 0 Å². The molecule has 0 spiro atoms. The van der Waals surface area contributed by atoms with Crippen molar-refractivity contribution in [1.82, 2.24) is 0 Å². The number of carbonyl (C=O) groups excluding carboxylic acids is 2. The van der Waals surface area contributed by atoms with Crippen molar-refractivity contribution in [2.75, 3.05) is 6.26 Å². The van der Waals surface area contributed by atoms with Gasteiger partial charge in [-0.05, 0) is 28.6 Å². The maximum atomic E-state index is 11.3. The van der Waals surface area contributed by atoms with E-state index in [1.54, 1.807) is 23.1 Å². The number of hydrogen-bond donors (Lipinski definition) is 0. The molecule has 1 atom stereocenters. The first-order chi connectivity index (χ1) is 7.13. The molecule has 5 heteroatoms. The summed E-state index contributed by atoms with van der Waals surface area (Å²) in [5.74, 6) is -1.02. The van der Waals surface area contributed by atoms with Gasteiger partial charge in [0.1, 0.15) is 0 Å². The normalized spacial score (nSPS) is 12.1. The van der Waals surface area contributed by atoms with Crippen molar-refractivity contribution >= 4 is 35.0 Å². The van der Waals surface area contributed by atoms with Crippen LogP contribution in [0.5, 0.6) is 0 Å². The van der Waals surface area contributed by atoms with Crippen molar-refractivity contribution < 1.29 is 14.3 Å². The van der Waals surface area contributed by atoms with E-state index in [0.717, 1.165) is 5.56 Å². The molecule has 0 aromatic carbocycles. The Morgan fingerprint density at radius 2 is 2.33 bits per heavy atom. The van der Waals surface area contributed by atoms with E-state index in [4.69, 9.17) is 0 Å². The molecule has 0 fully saturated rings. The first-order valence-corrected chi connectivity index (χ1v) is 6.62. The third-order valence-corrected chi connectivity index (χ3v) is 3.52. The number of rotatable bonds is 4. The van der Waals surface area contributed by atoms with Gasteiger partial charge in [0, 0.05) is 12.2 Å². The second kappa shape index (κ2) is 5.92. The fraction of sp³-hybridized carbons (Fsp3) is 0.400. The predicted molar refractivity (Wildman–Crippen MR) is 62.0 cm³/mol. The largest absolute Gasteiger partial charge is 0.393 e. The van der Waals surface area contributed by atoms with Crippen LogP contribution in [0.1, 0.15) is 24.2 Å². The van der Waals surface area contributed by atoms with Crippen LogP contribution in [0.15, 0.2) is 16.8 Å². The smallest absolute Gasteiger partial charge is 0.314 e. The van der Waals surface area contributed by atoms with Gasteiger partial charge >= 0.3 is 11.9 Å². The summed E-state index contributed by atoms with van der Waals surface area (Å²) in [5.41, 5.74) is 1.10. The van der Waals surface area contributed by atoms with Crippen molar-refractivity contribution in [3.8, 4) is 0 Å². The molecule has 3 nitrogen and oxygen atoms in total. The summed E-state index contributed by atoms with van der Waals surface area (Å²) >= 11 is 3.17. The first kappa shape index (κ1) is 12.3. The maximum absolute atomic E-state index is 11.3. The van der Waals surface area contributed by atoms with Gasteiger partial charge in [-0.2, -0.15) is 23.1 Å². The summed E-state index contributed by atoms with van der Waals surface area (Å²) in [6.07, 6.45) is 2.17. The number of thioether (sulfide) groups is 1. The van der Waals surface area contributed by atoms with Crippen LogP contribution in [-0.2, 0) is 14.3 Å². The zero-order valence-electron chi connectivity index (χ0n) is 8.56. The standard InChI is InChI=1S/C10H12O3S2/c1-7(11)13-10(12)5-9(14-2)8-3-4-15-6-8/h3-4,6,9H,5H2,1-2H3. The minimum Gasteiger partial charge on any atom is -0.393 e. The van der Waals surface area contributed by atoms with Gasteiger partial charge in [-0.3, -0.25) is 9.59 Å². The molecular weight excluding hydrogens is 232 g/mol. The Kier molecular flexibility index (Phi) is 4.84. The van der Waals surface area contributed by atoms with Crippen molar-refractivity contribution in [3.63, 3.8) is 0 Å². The summed E-state index contributed by atoms with van der Waals surface area (Å²) < 4.78 is 4.49. The van der Waals surface area contributed by atoms with E-state index in [1.165, 1.54) is 6.92 Å². The lowest BCUT2D eigenvalue weighted by Crippen LogP contribution is -2.11. The zero-order chi connectivity index (χ0) is 11.3. The van der Waals surface area contributed by atoms with E-state index >= 15 is 0 Å². The molecular formula is C10H12O3S2. The van der Waals surface area contributed by atoms with E-state index in [9.17, 15) is 9.59 Å². The molecule has 15 heavy (non-hydrogen) atoms. The summed E-state index contributed by atoms with van der Waals surface area (Å²) in [7, 11) is 0. The third-order valence-electron chi connectivity index (χ3n) is 1.81. The minimum absolute atomic E-state index is 0.0723. The predicted octanol–water partition coefficient (Wildman–Crippen LogP) is 2.63. The number of esters is 2. The second-order valence-electron chi connectivity index (χ2n) is 2.95. The summed E-state index contributed by atoms with van der Waals surface area (Å²) in [5, 5.41) is 4.04. The fourth-order valence-corrected chi connectivity index (χ4v) is 2.67. The highest BCUT2D eigenvalue weighted by molar-refractivity contribution is 7.98. The number of carbonyl (C=O) groups is 2. The second-order valence-corrected chi connectivity index (χ2v) is 4.77. The molecule has 1 heterocycles. The van der Waals surface area contributed by atoms with Crippen LogP contribution in [0, 0.1) is 0 Å². The molecule has 0 N–H and O–H groups in total. The minimum atomic E-state index is -0.551. The van der Waals surface area contributed by atoms with Crippen LogP contribution in [0.2, 0.25) is 0 Å². The summed E-state index contributed by atoms with van der Waals surface area (Å²) in [6.45, 7) is 1.23. The van der Waals surface area contributed by atoms with E-state index in [0.29, 0.717) is 0 Å². The molecule has 0 amide bonds. The Hall–Kier alpha value is -0.810. The average molecular weight is 244 g/mol. The Bertz CT molecular complexity index is 332. The van der Waals surface area contributed by atoms with Crippen molar-refractivity contribution in [1.29, 1.82) is 0 Å². The molecule has 1 aromatic heterocycles. The maximum Gasteiger partial charge on any atom is 0.314 e. The highest BCUT2D eigenvalue weighted by Gasteiger charge is 2.17. The topological polar surface area (TPSA) is 43.4 Å². The van der Waals surface area contributed by atoms with Gasteiger partial charge in [0.15, 0.2) is 0 Å². The van der Waals surface area contributed by atoms with Crippen molar-refractivity contribution in [3.05, 3.63) is 22.4 Å². The van der Waals surface area contributed by atoms with Gasteiger partial charge in [0.2, 0.25) is 0 Å². The average Bonchev–Trinajstić information content (AvgIpc) is 2.65. The lowest BCUT2D eigenvalue weighted by molar-refractivity contribution is -0.158. The molecule has 82 valence electrons. The monoisotopic (exact) mass is 244 g/mol. The number of hydrogen-bond acceptors (Lipinski definition) is 5. The molecule has 0 aliphatic carbocycles. The van der Waals surface area contributed by atoms with Gasteiger partial charge in [0.25, 0.3) is 0 Å². The number of thiophene rings is 1. The van der Waals surface area contributed by atoms with Gasteiger partial charge in [-0.15, -0.1) is 0 Å². The SMILES string of the molecule is CSC(CC(=O)OC(C)=O)c1ccsc1. The Morgan fingerprint density at radius 3 is 2.80 bits per heavy atom. The molecule has 0 saturated carbocycles. The fourth-order valence-electron chi connectivity index (χ4n) is 1.15. The molecule has 0 saturated heterocycles. The van der Waals surface area contributed by atoms with Gasteiger partial charge in [-0.1, -0.05) is 0 Å².